The van der Waals surface area contributed by atoms with Crippen LogP contribution in [0.5, 0.6) is 11.6 Å². The number of fused-ring (bicyclic) bond motifs is 4. The molecule has 2 aliphatic heterocycles. The molecule has 3 heterocycles. The van der Waals surface area contributed by atoms with Crippen LogP contribution >= 0.6 is 0 Å². The Labute approximate surface area is 367 Å². The van der Waals surface area contributed by atoms with Crippen molar-refractivity contribution in [2.75, 3.05) is 13.7 Å². The van der Waals surface area contributed by atoms with Crippen LogP contribution in [0.4, 0.5) is 13.6 Å². The van der Waals surface area contributed by atoms with Gasteiger partial charge in [-0.25, -0.2) is 32.0 Å². The molecule has 6 unspecified atom stereocenters. The van der Waals surface area contributed by atoms with Gasteiger partial charge in [-0.3, -0.25) is 19.2 Å². The molecule has 15 nitrogen and oxygen atoms in total. The summed E-state index contributed by atoms with van der Waals surface area (Å²) in [6, 6.07) is 3.53. The van der Waals surface area contributed by atoms with E-state index in [4.69, 9.17) is 24.2 Å². The number of rotatable bonds is 7. The molecule has 0 radical (unpaired) electrons. The molecule has 1 aromatic heterocycles. The van der Waals surface area contributed by atoms with Crippen molar-refractivity contribution in [2.24, 2.45) is 28.1 Å². The van der Waals surface area contributed by atoms with Crippen LogP contribution in [0.15, 0.2) is 18.2 Å². The van der Waals surface area contributed by atoms with Crippen molar-refractivity contribution in [3.8, 4) is 11.6 Å². The van der Waals surface area contributed by atoms with Gasteiger partial charge in [-0.1, -0.05) is 34.1 Å². The van der Waals surface area contributed by atoms with Gasteiger partial charge in [0.15, 0.2) is 0 Å². The molecule has 1 aromatic carbocycles. The van der Waals surface area contributed by atoms with E-state index in [9.17, 15) is 27.9 Å². The van der Waals surface area contributed by atoms with E-state index in [1.54, 1.807) is 18.1 Å². The minimum Gasteiger partial charge on any atom is -0.497 e. The highest BCUT2D eigenvalue weighted by atomic mass is 32.2. The Morgan fingerprint density at radius 2 is 1.83 bits per heavy atom. The lowest BCUT2D eigenvalue weighted by atomic mass is 9.84. The van der Waals surface area contributed by atoms with Crippen molar-refractivity contribution >= 4 is 39.0 Å². The fourth-order valence-corrected chi connectivity index (χ4v) is 13.1. The molecule has 346 valence electrons. The van der Waals surface area contributed by atoms with Crippen LogP contribution in [-0.4, -0.2) is 113 Å². The molecule has 12 atom stereocenters. The number of carbonyl (C=O) groups excluding carboxylic acids is 3. The predicted octanol–water partition coefficient (Wildman–Crippen LogP) is 5.16. The Morgan fingerprint density at radius 1 is 1.08 bits per heavy atom. The number of alkyl halides is 2. The van der Waals surface area contributed by atoms with Crippen molar-refractivity contribution in [2.45, 2.75) is 171 Å². The number of amides is 3. The summed E-state index contributed by atoms with van der Waals surface area (Å²) in [4.78, 5) is 54.2. The van der Waals surface area contributed by atoms with E-state index in [0.29, 0.717) is 54.1 Å². The van der Waals surface area contributed by atoms with Gasteiger partial charge in [-0.05, 0) is 101 Å². The number of aliphatic hydroxyl groups excluding tert-OH is 1. The summed E-state index contributed by atoms with van der Waals surface area (Å²) in [6.07, 6.45) is 0.519. The summed E-state index contributed by atoms with van der Waals surface area (Å²) in [6.45, 7) is 9.67. The van der Waals surface area contributed by atoms with Gasteiger partial charge in [0.1, 0.15) is 47.3 Å². The molecule has 2 spiro atoms. The number of nitrogens with zero attached hydrogens (tertiary/aromatic N) is 3. The first kappa shape index (κ1) is 44.3. The average Bonchev–Trinajstić information content (AvgIpc) is 4.15. The van der Waals surface area contributed by atoms with Gasteiger partial charge in [0.2, 0.25) is 21.8 Å². The van der Waals surface area contributed by atoms with E-state index in [0.717, 1.165) is 44.9 Å². The molecule has 2 aromatic rings. The number of methoxy groups -OCH3 is 1. The van der Waals surface area contributed by atoms with Crippen molar-refractivity contribution in [3.05, 3.63) is 23.9 Å². The smallest absolute Gasteiger partial charge is 0.407 e. The zero-order chi connectivity index (χ0) is 45.1. The second-order valence-electron chi connectivity index (χ2n) is 20.8. The van der Waals surface area contributed by atoms with Gasteiger partial charge < -0.3 is 30.0 Å². The summed E-state index contributed by atoms with van der Waals surface area (Å²) >= 11 is 0. The Morgan fingerprint density at radius 3 is 2.48 bits per heavy atom. The quantitative estimate of drug-likeness (QED) is 0.285. The first-order valence-electron chi connectivity index (χ1n) is 22.8. The summed E-state index contributed by atoms with van der Waals surface area (Å²) < 4.78 is 76.9. The molecular weight excluding hydrogens is 839 g/mol. The van der Waals surface area contributed by atoms with E-state index < -0.39 is 104 Å². The number of carbonyl (C=O) groups is 3. The minimum atomic E-state index is -4.14. The number of aromatic nitrogens is 2. The molecule has 6 fully saturated rings. The maximum absolute atomic E-state index is 15.1. The van der Waals surface area contributed by atoms with Crippen molar-refractivity contribution in [1.29, 1.82) is 0 Å². The molecule has 2 bridgehead atoms. The van der Waals surface area contributed by atoms with Gasteiger partial charge in [0.25, 0.3) is 5.91 Å². The number of nitrogens with one attached hydrogen (secondary N) is 3. The Balaban J connectivity index is 1.08. The number of sulfonamides is 1. The van der Waals surface area contributed by atoms with Crippen molar-refractivity contribution in [1.82, 2.24) is 30.2 Å². The van der Waals surface area contributed by atoms with E-state index in [2.05, 4.69) is 10.6 Å². The molecule has 5 saturated carbocycles. The predicted molar refractivity (Wildman–Crippen MR) is 226 cm³/mol. The summed E-state index contributed by atoms with van der Waals surface area (Å²) in [5.74, 6) is -1.40. The topological polar surface area (TPSA) is 198 Å². The first-order chi connectivity index (χ1) is 29.7. The lowest BCUT2D eigenvalue weighted by molar-refractivity contribution is -0.136. The second kappa shape index (κ2) is 15.3. The number of halogens is 2. The first-order valence-corrected chi connectivity index (χ1v) is 24.4. The summed E-state index contributed by atoms with van der Waals surface area (Å²) in [5.41, 5.74) is -3.61. The van der Waals surface area contributed by atoms with Crippen LogP contribution < -0.4 is 24.8 Å². The molecule has 7 aliphatic rings. The monoisotopic (exact) mass is 900 g/mol. The van der Waals surface area contributed by atoms with E-state index >= 15 is 8.78 Å². The van der Waals surface area contributed by atoms with Gasteiger partial charge in [-0.15, -0.1) is 0 Å². The van der Waals surface area contributed by atoms with Crippen LogP contribution in [0.3, 0.4) is 0 Å². The average molecular weight is 901 g/mol. The number of hydrogen-bond donors (Lipinski definition) is 4. The highest BCUT2D eigenvalue weighted by molar-refractivity contribution is 7.91. The lowest BCUT2D eigenvalue weighted by Gasteiger charge is -2.38. The summed E-state index contributed by atoms with van der Waals surface area (Å²) in [7, 11) is -2.58. The Kier molecular flexibility index (Phi) is 10.8. The van der Waals surface area contributed by atoms with Crippen LogP contribution in [0.1, 0.15) is 117 Å². The van der Waals surface area contributed by atoms with E-state index in [1.807, 2.05) is 51.5 Å². The number of alkyl carbamates (subject to hydrolysis) is 1. The van der Waals surface area contributed by atoms with Gasteiger partial charge in [0, 0.05) is 36.4 Å². The third-order valence-corrected chi connectivity index (χ3v) is 17.9. The molecule has 9 rings (SSSR count). The van der Waals surface area contributed by atoms with Crippen LogP contribution in [0.25, 0.3) is 11.0 Å². The normalized spacial score (nSPS) is 40.1. The number of ether oxygens (including phenoxy) is 3. The fourth-order valence-electron chi connectivity index (χ4n) is 11.8. The highest BCUT2D eigenvalue weighted by Gasteiger charge is 2.92. The van der Waals surface area contributed by atoms with Gasteiger partial charge in [0.05, 0.1) is 34.8 Å². The van der Waals surface area contributed by atoms with Crippen LogP contribution in [0, 0.1) is 28.1 Å². The van der Waals surface area contributed by atoms with E-state index in [1.165, 1.54) is 0 Å². The summed E-state index contributed by atoms with van der Waals surface area (Å²) in [5, 5.41) is 17.3. The fraction of sp³-hybridized carbons (Fsp3) is 0.756. The third kappa shape index (κ3) is 7.41. The van der Waals surface area contributed by atoms with Gasteiger partial charge >= 0.3 is 6.09 Å². The standard InChI is InChI=1S/C45H62F2N6O9S/c1-7-27-31-22-53(34(27)37(55)51-45(23-44(45)35(46)36(44)47)39(56)52-63(58,59)26-14-15-26)33(54)20-32(41(2,3)4)50-40(57)62-42(5)17-10-18-43(42)21-24(43)11-8-9-12-29-38(61-31)49-30-19-25(60-6)13-16-28(30)48-29/h13,16,19,24,26-27,31-36,54H,7-12,14-15,17-18,20-23H2,1-6H3,(H,50,57)(H,51,55)(H,52,56)/t24?,27?,31-,32+,33?,34-,35?,36?,42+,43-,44?,45-/m0/s1. The van der Waals surface area contributed by atoms with E-state index in [-0.39, 0.29) is 24.3 Å². The van der Waals surface area contributed by atoms with Crippen molar-refractivity contribution < 1.29 is 50.9 Å². The van der Waals surface area contributed by atoms with Gasteiger partial charge in [-0.2, -0.15) is 0 Å². The lowest BCUT2D eigenvalue weighted by Crippen LogP contribution is -2.59. The molecule has 4 N–H and O–H groups in total. The highest BCUT2D eigenvalue weighted by Crippen LogP contribution is 2.75. The largest absolute Gasteiger partial charge is 0.497 e. The zero-order valence-electron chi connectivity index (χ0n) is 37.0. The maximum Gasteiger partial charge on any atom is 0.407 e. The number of aliphatic hydroxyl groups is 1. The maximum atomic E-state index is 15.1. The molecular formula is C45H62F2N6O9S. The Bertz CT molecular complexity index is 2290. The van der Waals surface area contributed by atoms with Crippen molar-refractivity contribution in [3.63, 3.8) is 0 Å². The number of aryl methyl sites for hydroxylation is 1. The number of hydrogen-bond acceptors (Lipinski definition) is 12. The number of benzene rings is 1. The van der Waals surface area contributed by atoms with Crippen LogP contribution in [-0.2, 0) is 30.8 Å². The third-order valence-electron chi connectivity index (χ3n) is 16.1. The molecule has 63 heavy (non-hydrogen) atoms. The zero-order valence-corrected chi connectivity index (χ0v) is 37.9. The SMILES string of the molecule is CCC1[C@@H]2CN(C(O)C[C@H](C(C)(C)C)NC(=O)O[C@]3(C)CCC[C@@]34CC4CCCCc3nc4ccc(OC)cc4nc3O2)[C@@H]1C(=O)N[C@]1(C(=O)NS(=O)(=O)C2CC2)CC12C(F)C2F. The minimum absolute atomic E-state index is 0.0174. The Hall–Kier alpha value is -3.90. The van der Waals surface area contributed by atoms with Crippen LogP contribution in [0.2, 0.25) is 0 Å². The second-order valence-corrected chi connectivity index (χ2v) is 22.8. The molecule has 1 saturated heterocycles. The molecule has 5 aliphatic carbocycles. The molecule has 18 heteroatoms. The molecule has 3 amide bonds.